The van der Waals surface area contributed by atoms with Crippen LogP contribution in [0.3, 0.4) is 0 Å². The van der Waals surface area contributed by atoms with Gasteiger partial charge in [-0.05, 0) is 6.07 Å². The Morgan fingerprint density at radius 2 is 1.20 bits per heavy atom. The molecule has 148 valence electrons. The summed E-state index contributed by atoms with van der Waals surface area (Å²) in [4.78, 5) is 23.2. The molecule has 1 saturated heterocycles. The Morgan fingerprint density at radius 3 is 1.87 bits per heavy atom. The number of aromatic nitrogens is 4. The predicted molar refractivity (Wildman–Crippen MR) is 119 cm³/mol. The molecule has 3 heterocycles. The quantitative estimate of drug-likeness (QED) is 0.523. The first-order chi connectivity index (χ1) is 14.9. The molecule has 0 saturated carbocycles. The number of piperazine rings is 1. The zero-order valence-corrected chi connectivity index (χ0v) is 16.6. The number of hydrogen-bond donors (Lipinski definition) is 0. The highest BCUT2D eigenvalue weighted by Gasteiger charge is 2.23. The summed E-state index contributed by atoms with van der Waals surface area (Å²) in [6.07, 6.45) is 5.45. The molecule has 6 nitrogen and oxygen atoms in total. The summed E-state index contributed by atoms with van der Waals surface area (Å²) in [5.41, 5.74) is 3.95. The van der Waals surface area contributed by atoms with Gasteiger partial charge in [0.1, 0.15) is 5.69 Å². The summed E-state index contributed by atoms with van der Waals surface area (Å²) in [5.74, 6) is 1.71. The van der Waals surface area contributed by atoms with Gasteiger partial charge in [0.05, 0.1) is 11.9 Å². The van der Waals surface area contributed by atoms with Gasteiger partial charge in [0, 0.05) is 49.7 Å². The lowest BCUT2D eigenvalue weighted by molar-refractivity contribution is 0.634. The minimum absolute atomic E-state index is 0.783. The van der Waals surface area contributed by atoms with E-state index in [0.717, 1.165) is 60.5 Å². The van der Waals surface area contributed by atoms with Crippen LogP contribution in [-0.4, -0.2) is 46.1 Å². The van der Waals surface area contributed by atoms with Gasteiger partial charge in [-0.1, -0.05) is 60.7 Å². The third-order valence-electron chi connectivity index (χ3n) is 5.28. The Kier molecular flexibility index (Phi) is 5.04. The first kappa shape index (κ1) is 18.2. The van der Waals surface area contributed by atoms with Gasteiger partial charge < -0.3 is 9.80 Å². The summed E-state index contributed by atoms with van der Waals surface area (Å²) in [7, 11) is 0. The molecule has 2 aromatic carbocycles. The smallest absolute Gasteiger partial charge is 0.225 e. The van der Waals surface area contributed by atoms with E-state index in [2.05, 4.69) is 44.0 Å². The van der Waals surface area contributed by atoms with Crippen molar-refractivity contribution in [1.29, 1.82) is 0 Å². The fraction of sp³-hybridized carbons (Fsp3) is 0.167. The van der Waals surface area contributed by atoms with Crippen molar-refractivity contribution < 1.29 is 0 Å². The SMILES string of the molecule is c1ccc(-c2cnc(N3CCN(c4ncccn4)CC3)c(-c3ccccc3)n2)cc1. The maximum absolute atomic E-state index is 5.02. The van der Waals surface area contributed by atoms with Crippen molar-refractivity contribution >= 4 is 11.8 Å². The van der Waals surface area contributed by atoms with Crippen LogP contribution in [0.2, 0.25) is 0 Å². The predicted octanol–water partition coefficient (Wildman–Crippen LogP) is 3.93. The molecule has 4 aromatic rings. The number of hydrogen-bond acceptors (Lipinski definition) is 6. The third kappa shape index (κ3) is 3.72. The van der Waals surface area contributed by atoms with Crippen molar-refractivity contribution in [3.63, 3.8) is 0 Å². The lowest BCUT2D eigenvalue weighted by Gasteiger charge is -2.36. The van der Waals surface area contributed by atoms with Gasteiger partial charge in [0.15, 0.2) is 5.82 Å². The van der Waals surface area contributed by atoms with Crippen LogP contribution in [0.15, 0.2) is 85.3 Å². The van der Waals surface area contributed by atoms with E-state index in [-0.39, 0.29) is 0 Å². The van der Waals surface area contributed by atoms with Gasteiger partial charge >= 0.3 is 0 Å². The highest BCUT2D eigenvalue weighted by atomic mass is 15.3. The minimum Gasteiger partial charge on any atom is -0.351 e. The molecular weight excluding hydrogens is 372 g/mol. The molecule has 0 amide bonds. The first-order valence-electron chi connectivity index (χ1n) is 10.1. The van der Waals surface area contributed by atoms with Gasteiger partial charge in [-0.25, -0.2) is 19.9 Å². The molecule has 1 aliphatic rings. The summed E-state index contributed by atoms with van der Waals surface area (Å²) in [6.45, 7) is 3.38. The number of nitrogens with zero attached hydrogens (tertiary/aromatic N) is 6. The summed E-state index contributed by atoms with van der Waals surface area (Å²) in [6, 6.07) is 22.3. The van der Waals surface area contributed by atoms with Crippen LogP contribution < -0.4 is 9.80 Å². The van der Waals surface area contributed by atoms with Crippen molar-refractivity contribution in [1.82, 2.24) is 19.9 Å². The van der Waals surface area contributed by atoms with Gasteiger partial charge in [-0.3, -0.25) is 0 Å². The number of anilines is 2. The molecule has 30 heavy (non-hydrogen) atoms. The zero-order valence-electron chi connectivity index (χ0n) is 16.6. The normalized spacial score (nSPS) is 14.0. The molecule has 6 heteroatoms. The monoisotopic (exact) mass is 394 g/mol. The van der Waals surface area contributed by atoms with Gasteiger partial charge in [-0.15, -0.1) is 0 Å². The Labute approximate surface area is 175 Å². The van der Waals surface area contributed by atoms with E-state index >= 15 is 0 Å². The highest BCUT2D eigenvalue weighted by molar-refractivity contribution is 5.75. The molecule has 0 spiro atoms. The molecule has 0 unspecified atom stereocenters. The average Bonchev–Trinajstić information content (AvgIpc) is 2.85. The minimum atomic E-state index is 0.783. The maximum Gasteiger partial charge on any atom is 0.225 e. The molecule has 2 aromatic heterocycles. The van der Waals surface area contributed by atoms with E-state index in [1.54, 1.807) is 12.4 Å². The second-order valence-electron chi connectivity index (χ2n) is 7.18. The molecule has 1 aliphatic heterocycles. The maximum atomic E-state index is 5.02. The number of benzene rings is 2. The van der Waals surface area contributed by atoms with Gasteiger partial charge in [0.25, 0.3) is 0 Å². The fourth-order valence-electron chi connectivity index (χ4n) is 3.72. The van der Waals surface area contributed by atoms with Crippen molar-refractivity contribution in [3.8, 4) is 22.5 Å². The van der Waals surface area contributed by atoms with Crippen LogP contribution in [0.5, 0.6) is 0 Å². The van der Waals surface area contributed by atoms with E-state index in [4.69, 9.17) is 9.97 Å². The van der Waals surface area contributed by atoms with Crippen molar-refractivity contribution in [3.05, 3.63) is 85.3 Å². The van der Waals surface area contributed by atoms with E-state index in [0.29, 0.717) is 0 Å². The van der Waals surface area contributed by atoms with Crippen LogP contribution in [0.1, 0.15) is 0 Å². The molecule has 0 atom stereocenters. The lowest BCUT2D eigenvalue weighted by atomic mass is 10.1. The Morgan fingerprint density at radius 1 is 0.600 bits per heavy atom. The second-order valence-corrected chi connectivity index (χ2v) is 7.18. The summed E-state index contributed by atoms with van der Waals surface area (Å²) < 4.78 is 0. The topological polar surface area (TPSA) is 58.0 Å². The van der Waals surface area contributed by atoms with Crippen molar-refractivity contribution in [2.24, 2.45) is 0 Å². The Bertz CT molecular complexity index is 1090. The van der Waals surface area contributed by atoms with Crippen LogP contribution >= 0.6 is 0 Å². The molecule has 0 N–H and O–H groups in total. The third-order valence-corrected chi connectivity index (χ3v) is 5.28. The first-order valence-corrected chi connectivity index (χ1v) is 10.1. The zero-order chi connectivity index (χ0) is 20.2. The standard InChI is InChI=1S/C24H22N6/c1-3-8-19(9-4-1)21-18-27-23(22(28-21)20-10-5-2-6-11-20)29-14-16-30(17-15-29)24-25-12-7-13-26-24/h1-13,18H,14-17H2. The molecule has 0 radical (unpaired) electrons. The summed E-state index contributed by atoms with van der Waals surface area (Å²) >= 11 is 0. The van der Waals surface area contributed by atoms with E-state index in [1.165, 1.54) is 0 Å². The Balaban J connectivity index is 1.46. The summed E-state index contributed by atoms with van der Waals surface area (Å²) in [5, 5.41) is 0. The van der Waals surface area contributed by atoms with Crippen molar-refractivity contribution in [2.75, 3.05) is 36.0 Å². The lowest BCUT2D eigenvalue weighted by Crippen LogP contribution is -2.47. The van der Waals surface area contributed by atoms with Crippen LogP contribution in [-0.2, 0) is 0 Å². The van der Waals surface area contributed by atoms with Crippen LogP contribution in [0.25, 0.3) is 22.5 Å². The van der Waals surface area contributed by atoms with E-state index < -0.39 is 0 Å². The van der Waals surface area contributed by atoms with Crippen LogP contribution in [0.4, 0.5) is 11.8 Å². The fourth-order valence-corrected chi connectivity index (χ4v) is 3.72. The molecule has 0 aliphatic carbocycles. The number of rotatable bonds is 4. The molecule has 5 rings (SSSR count). The van der Waals surface area contributed by atoms with E-state index in [9.17, 15) is 0 Å². The highest BCUT2D eigenvalue weighted by Crippen LogP contribution is 2.30. The largest absolute Gasteiger partial charge is 0.351 e. The van der Waals surface area contributed by atoms with Gasteiger partial charge in [-0.2, -0.15) is 0 Å². The van der Waals surface area contributed by atoms with Crippen LogP contribution in [0, 0.1) is 0 Å². The average molecular weight is 394 g/mol. The molecule has 0 bridgehead atoms. The van der Waals surface area contributed by atoms with Gasteiger partial charge in [0.2, 0.25) is 5.95 Å². The van der Waals surface area contributed by atoms with E-state index in [1.807, 2.05) is 48.7 Å². The molecular formula is C24H22N6. The molecule has 1 fully saturated rings. The second kappa shape index (κ2) is 8.29. The Hall–Kier alpha value is -3.80. The van der Waals surface area contributed by atoms with Crippen molar-refractivity contribution in [2.45, 2.75) is 0 Å².